The second-order valence-electron chi connectivity index (χ2n) is 11.3. The van der Waals surface area contributed by atoms with E-state index in [1.54, 1.807) is 0 Å². The summed E-state index contributed by atoms with van der Waals surface area (Å²) in [5.41, 5.74) is 9.75. The summed E-state index contributed by atoms with van der Waals surface area (Å²) >= 11 is 0. The molecule has 9 rings (SSSR count). The van der Waals surface area contributed by atoms with E-state index < -0.39 is 0 Å². The number of pyridine rings is 2. The molecule has 4 aromatic heterocycles. The largest absolute Gasteiger partial charge is 0.454 e. The first-order valence-corrected chi connectivity index (χ1v) is 15.4. The highest BCUT2D eigenvalue weighted by atomic mass is 16.3. The fourth-order valence-electron chi connectivity index (χ4n) is 6.02. The normalized spacial score (nSPS) is 11.4. The Labute approximate surface area is 270 Å². The molecule has 0 aliphatic carbocycles. The van der Waals surface area contributed by atoms with Crippen molar-refractivity contribution in [3.8, 4) is 56.7 Å². The number of furan rings is 1. The molecule has 0 N–H and O–H groups in total. The first-order valence-electron chi connectivity index (χ1n) is 15.4. The molecular weight excluding hydrogens is 578 g/mol. The number of nitrogens with zero attached hydrogens (tertiary/aromatic N) is 5. The van der Waals surface area contributed by atoms with Crippen LogP contribution < -0.4 is 0 Å². The fourth-order valence-corrected chi connectivity index (χ4v) is 6.02. The lowest BCUT2D eigenvalue weighted by molar-refractivity contribution is 0.668. The molecule has 0 saturated heterocycles. The number of hydrogen-bond acceptors (Lipinski definition) is 6. The maximum absolute atomic E-state index is 6.27. The van der Waals surface area contributed by atoms with Crippen molar-refractivity contribution >= 4 is 33.0 Å². The van der Waals surface area contributed by atoms with Gasteiger partial charge in [0.1, 0.15) is 11.1 Å². The molecule has 220 valence electrons. The van der Waals surface area contributed by atoms with Crippen molar-refractivity contribution in [2.24, 2.45) is 0 Å². The molecule has 0 spiro atoms. The van der Waals surface area contributed by atoms with Crippen molar-refractivity contribution in [3.63, 3.8) is 0 Å². The van der Waals surface area contributed by atoms with Crippen LogP contribution in [0.1, 0.15) is 0 Å². The zero-order valence-electron chi connectivity index (χ0n) is 25.1. The van der Waals surface area contributed by atoms with Crippen molar-refractivity contribution in [2.75, 3.05) is 0 Å². The van der Waals surface area contributed by atoms with Gasteiger partial charge in [-0.2, -0.15) is 0 Å². The Hall–Kier alpha value is -6.53. The van der Waals surface area contributed by atoms with Crippen molar-refractivity contribution in [1.82, 2.24) is 24.9 Å². The number of aromatic nitrogens is 5. The summed E-state index contributed by atoms with van der Waals surface area (Å²) in [7, 11) is 0. The second-order valence-corrected chi connectivity index (χ2v) is 11.3. The van der Waals surface area contributed by atoms with Gasteiger partial charge in [0, 0.05) is 22.1 Å². The van der Waals surface area contributed by atoms with E-state index in [2.05, 4.69) is 42.5 Å². The Balaban J connectivity index is 1.13. The molecule has 0 unspecified atom stereocenters. The van der Waals surface area contributed by atoms with E-state index in [0.717, 1.165) is 72.2 Å². The van der Waals surface area contributed by atoms with Gasteiger partial charge in [0.2, 0.25) is 0 Å². The Morgan fingerprint density at radius 3 is 1.64 bits per heavy atom. The number of fused-ring (bicyclic) bond motifs is 4. The van der Waals surface area contributed by atoms with E-state index in [1.807, 2.05) is 109 Å². The third kappa shape index (κ3) is 4.89. The summed E-state index contributed by atoms with van der Waals surface area (Å²) in [6.45, 7) is 0. The van der Waals surface area contributed by atoms with E-state index in [-0.39, 0.29) is 0 Å². The SMILES string of the molecule is c1ccc(-c2nc(-c3ccccc3)nc(-c3ccc(-c4cccc5oc6ccc(-c7ccc8ccccc8n7)nc6c45)cc3)n2)cc1. The molecule has 9 aromatic rings. The van der Waals surface area contributed by atoms with Gasteiger partial charge in [0.25, 0.3) is 0 Å². The Morgan fingerprint density at radius 1 is 0.362 bits per heavy atom. The molecule has 0 saturated carbocycles. The van der Waals surface area contributed by atoms with Crippen LogP contribution in [0.25, 0.3) is 89.7 Å². The zero-order chi connectivity index (χ0) is 31.2. The molecule has 6 heteroatoms. The lowest BCUT2D eigenvalue weighted by Crippen LogP contribution is -2.00. The van der Waals surface area contributed by atoms with Crippen molar-refractivity contribution in [3.05, 3.63) is 152 Å². The van der Waals surface area contributed by atoms with Gasteiger partial charge < -0.3 is 4.42 Å². The van der Waals surface area contributed by atoms with Crippen molar-refractivity contribution in [1.29, 1.82) is 0 Å². The molecule has 0 aliphatic heterocycles. The minimum Gasteiger partial charge on any atom is -0.454 e. The molecule has 47 heavy (non-hydrogen) atoms. The summed E-state index contributed by atoms with van der Waals surface area (Å²) in [6.07, 6.45) is 0. The number of rotatable bonds is 5. The van der Waals surface area contributed by atoms with Gasteiger partial charge in [-0.25, -0.2) is 24.9 Å². The van der Waals surface area contributed by atoms with Gasteiger partial charge in [0.05, 0.1) is 22.3 Å². The van der Waals surface area contributed by atoms with Gasteiger partial charge in [-0.1, -0.05) is 121 Å². The van der Waals surface area contributed by atoms with Gasteiger partial charge in [-0.05, 0) is 41.5 Å². The van der Waals surface area contributed by atoms with Crippen LogP contribution in [0.15, 0.2) is 156 Å². The maximum Gasteiger partial charge on any atom is 0.164 e. The first kappa shape index (κ1) is 26.8. The average Bonchev–Trinajstić information content (AvgIpc) is 3.53. The smallest absolute Gasteiger partial charge is 0.164 e. The van der Waals surface area contributed by atoms with Crippen molar-refractivity contribution in [2.45, 2.75) is 0 Å². The topological polar surface area (TPSA) is 77.6 Å². The lowest BCUT2D eigenvalue weighted by Gasteiger charge is -2.09. The second kappa shape index (κ2) is 11.1. The summed E-state index contributed by atoms with van der Waals surface area (Å²) in [5.74, 6) is 1.89. The average molecular weight is 604 g/mol. The molecule has 4 heterocycles. The first-order chi connectivity index (χ1) is 23.3. The summed E-state index contributed by atoms with van der Waals surface area (Å²) in [6, 6.07) is 50.6. The molecule has 0 radical (unpaired) electrons. The van der Waals surface area contributed by atoms with Gasteiger partial charge in [0.15, 0.2) is 23.1 Å². The molecule has 0 amide bonds. The zero-order valence-corrected chi connectivity index (χ0v) is 25.1. The third-order valence-corrected chi connectivity index (χ3v) is 8.36. The fraction of sp³-hybridized carbons (Fsp3) is 0. The van der Waals surface area contributed by atoms with Crippen LogP contribution in [0.3, 0.4) is 0 Å². The van der Waals surface area contributed by atoms with Crippen molar-refractivity contribution < 1.29 is 4.42 Å². The van der Waals surface area contributed by atoms with Crippen LogP contribution >= 0.6 is 0 Å². The minimum atomic E-state index is 0.616. The highest BCUT2D eigenvalue weighted by molar-refractivity contribution is 6.11. The van der Waals surface area contributed by atoms with Crippen LogP contribution in [0.2, 0.25) is 0 Å². The summed E-state index contributed by atoms with van der Waals surface area (Å²) in [5, 5.41) is 2.07. The summed E-state index contributed by atoms with van der Waals surface area (Å²) in [4.78, 5) is 24.6. The van der Waals surface area contributed by atoms with Crippen LogP contribution in [-0.2, 0) is 0 Å². The van der Waals surface area contributed by atoms with Gasteiger partial charge in [-0.3, -0.25) is 0 Å². The highest BCUT2D eigenvalue weighted by Gasteiger charge is 2.17. The Morgan fingerprint density at radius 2 is 0.936 bits per heavy atom. The summed E-state index contributed by atoms with van der Waals surface area (Å²) < 4.78 is 6.27. The maximum atomic E-state index is 6.27. The Kier molecular flexibility index (Phi) is 6.35. The molecular formula is C41H25N5O. The third-order valence-electron chi connectivity index (χ3n) is 8.36. The van der Waals surface area contributed by atoms with Crippen LogP contribution in [0, 0.1) is 0 Å². The number of para-hydroxylation sites is 1. The molecule has 5 aromatic carbocycles. The molecule has 0 aliphatic rings. The van der Waals surface area contributed by atoms with E-state index >= 15 is 0 Å². The molecule has 0 bridgehead atoms. The quantitative estimate of drug-likeness (QED) is 0.195. The van der Waals surface area contributed by atoms with E-state index in [4.69, 9.17) is 29.3 Å². The van der Waals surface area contributed by atoms with Crippen LogP contribution in [-0.4, -0.2) is 24.9 Å². The molecule has 0 fully saturated rings. The van der Waals surface area contributed by atoms with Gasteiger partial charge in [-0.15, -0.1) is 0 Å². The predicted molar refractivity (Wildman–Crippen MR) is 187 cm³/mol. The standard InChI is InChI=1S/C41H25N5O/c1-3-11-28(12-4-1)39-44-40(29-13-5-2-6-14-29)46-41(45-39)30-20-18-26(19-21-30)31-15-9-17-35-37(31)38-36(47-35)25-24-34(43-38)33-23-22-27-10-7-8-16-32(27)42-33/h1-25H. The van der Waals surface area contributed by atoms with E-state index in [0.29, 0.717) is 17.5 Å². The highest BCUT2D eigenvalue weighted by Crippen LogP contribution is 2.37. The number of hydrogen-bond donors (Lipinski definition) is 0. The molecule has 6 nitrogen and oxygen atoms in total. The monoisotopic (exact) mass is 603 g/mol. The lowest BCUT2D eigenvalue weighted by atomic mass is 9.99. The van der Waals surface area contributed by atoms with Crippen LogP contribution in [0.5, 0.6) is 0 Å². The predicted octanol–water partition coefficient (Wildman–Crippen LogP) is 10.0. The van der Waals surface area contributed by atoms with E-state index in [9.17, 15) is 0 Å². The number of benzene rings is 5. The van der Waals surface area contributed by atoms with Gasteiger partial charge >= 0.3 is 0 Å². The minimum absolute atomic E-state index is 0.616. The Bertz CT molecular complexity index is 2500. The van der Waals surface area contributed by atoms with Crippen LogP contribution in [0.4, 0.5) is 0 Å². The molecule has 0 atom stereocenters. The van der Waals surface area contributed by atoms with E-state index in [1.165, 1.54) is 0 Å².